The number of rotatable bonds is 5. The van der Waals surface area contributed by atoms with Crippen molar-refractivity contribution in [2.24, 2.45) is 5.92 Å². The van der Waals surface area contributed by atoms with Gasteiger partial charge < -0.3 is 5.32 Å². The van der Waals surface area contributed by atoms with Gasteiger partial charge in [-0.05, 0) is 52.6 Å². The Hall–Kier alpha value is -0.450. The molecule has 1 N–H and O–H groups in total. The molecule has 1 saturated heterocycles. The number of aromatic nitrogens is 1. The fourth-order valence-electron chi connectivity index (χ4n) is 2.79. The van der Waals surface area contributed by atoms with Gasteiger partial charge in [0.05, 0.1) is 17.2 Å². The average molecular weight is 267 g/mol. The molecule has 0 saturated carbocycles. The normalized spacial score (nSPS) is 22.6. The van der Waals surface area contributed by atoms with Crippen LogP contribution in [0, 0.1) is 5.92 Å². The van der Waals surface area contributed by atoms with Crippen molar-refractivity contribution in [3.8, 4) is 0 Å². The molecule has 2 heterocycles. The molecule has 1 fully saturated rings. The van der Waals surface area contributed by atoms with Crippen LogP contribution in [0.2, 0.25) is 0 Å². The molecule has 0 aromatic carbocycles. The lowest BCUT2D eigenvalue weighted by molar-refractivity contribution is 0.125. The van der Waals surface area contributed by atoms with Crippen molar-refractivity contribution >= 4 is 11.3 Å². The Labute approximate surface area is 115 Å². The van der Waals surface area contributed by atoms with Gasteiger partial charge >= 0.3 is 0 Å². The molecule has 3 nitrogen and oxygen atoms in total. The van der Waals surface area contributed by atoms with Crippen LogP contribution in [-0.2, 0) is 0 Å². The fraction of sp³-hybridized carbons (Fsp3) is 0.786. The van der Waals surface area contributed by atoms with Gasteiger partial charge in [-0.15, -0.1) is 11.3 Å². The number of hydrogen-bond donors (Lipinski definition) is 1. The third kappa shape index (κ3) is 3.53. The molecule has 1 aromatic rings. The molecule has 2 rings (SSSR count). The summed E-state index contributed by atoms with van der Waals surface area (Å²) in [5.41, 5.74) is 3.16. The molecule has 18 heavy (non-hydrogen) atoms. The minimum Gasteiger partial charge on any atom is -0.316 e. The van der Waals surface area contributed by atoms with Crippen molar-refractivity contribution in [3.05, 3.63) is 16.6 Å². The summed E-state index contributed by atoms with van der Waals surface area (Å²) in [6, 6.07) is 1.00. The van der Waals surface area contributed by atoms with E-state index in [0.29, 0.717) is 12.1 Å². The lowest BCUT2D eigenvalue weighted by Gasteiger charge is -2.36. The van der Waals surface area contributed by atoms with Gasteiger partial charge in [0.1, 0.15) is 0 Å². The highest BCUT2D eigenvalue weighted by atomic mass is 32.1. The van der Waals surface area contributed by atoms with Gasteiger partial charge in [-0.2, -0.15) is 0 Å². The predicted molar refractivity (Wildman–Crippen MR) is 78.0 cm³/mol. The van der Waals surface area contributed by atoms with Gasteiger partial charge in [-0.3, -0.25) is 4.90 Å². The molecule has 1 aliphatic heterocycles. The second-order valence-electron chi connectivity index (χ2n) is 5.59. The standard InChI is InChI=1S/C14H25N3S/c1-11(2)17(8-13-5-4-6-15-7-13)12(3)14-9-18-10-16-14/h9-13,15H,4-8H2,1-3H3. The second-order valence-corrected chi connectivity index (χ2v) is 6.31. The van der Waals surface area contributed by atoms with E-state index in [1.807, 2.05) is 5.51 Å². The van der Waals surface area contributed by atoms with Crippen LogP contribution in [0.1, 0.15) is 45.3 Å². The van der Waals surface area contributed by atoms with Crippen LogP contribution in [-0.4, -0.2) is 35.6 Å². The molecule has 0 bridgehead atoms. The molecule has 4 heteroatoms. The van der Waals surface area contributed by atoms with Crippen LogP contribution >= 0.6 is 11.3 Å². The van der Waals surface area contributed by atoms with Gasteiger partial charge in [0.25, 0.3) is 0 Å². The van der Waals surface area contributed by atoms with E-state index < -0.39 is 0 Å². The first-order chi connectivity index (χ1) is 8.68. The maximum atomic E-state index is 4.47. The quantitative estimate of drug-likeness (QED) is 0.889. The van der Waals surface area contributed by atoms with Gasteiger partial charge in [0.2, 0.25) is 0 Å². The lowest BCUT2D eigenvalue weighted by atomic mass is 9.97. The summed E-state index contributed by atoms with van der Waals surface area (Å²) in [6.07, 6.45) is 2.68. The topological polar surface area (TPSA) is 28.2 Å². The minimum absolute atomic E-state index is 0.429. The lowest BCUT2D eigenvalue weighted by Crippen LogP contribution is -2.42. The number of nitrogens with one attached hydrogen (secondary N) is 1. The first-order valence-corrected chi connectivity index (χ1v) is 7.97. The Morgan fingerprint density at radius 2 is 2.33 bits per heavy atom. The minimum atomic E-state index is 0.429. The highest BCUT2D eigenvalue weighted by Gasteiger charge is 2.24. The van der Waals surface area contributed by atoms with Crippen LogP contribution < -0.4 is 5.32 Å². The fourth-order valence-corrected chi connectivity index (χ4v) is 3.43. The van der Waals surface area contributed by atoms with Gasteiger partial charge in [0, 0.05) is 18.0 Å². The molecule has 0 amide bonds. The number of hydrogen-bond acceptors (Lipinski definition) is 4. The van der Waals surface area contributed by atoms with E-state index in [1.165, 1.54) is 38.2 Å². The van der Waals surface area contributed by atoms with Crippen LogP contribution in [0.15, 0.2) is 10.9 Å². The summed E-state index contributed by atoms with van der Waals surface area (Å²) in [5.74, 6) is 0.794. The van der Waals surface area contributed by atoms with Crippen LogP contribution in [0.3, 0.4) is 0 Å². The average Bonchev–Trinajstić information content (AvgIpc) is 2.90. The molecular weight excluding hydrogens is 242 g/mol. The summed E-state index contributed by atoms with van der Waals surface area (Å²) in [7, 11) is 0. The third-order valence-corrected chi connectivity index (χ3v) is 4.51. The zero-order chi connectivity index (χ0) is 13.0. The van der Waals surface area contributed by atoms with Crippen molar-refractivity contribution in [1.29, 1.82) is 0 Å². The van der Waals surface area contributed by atoms with Gasteiger partial charge in [0.15, 0.2) is 0 Å². The maximum Gasteiger partial charge on any atom is 0.0795 e. The number of nitrogens with zero attached hydrogens (tertiary/aromatic N) is 2. The summed E-state index contributed by atoms with van der Waals surface area (Å²) in [5, 5.41) is 5.69. The Balaban J connectivity index is 1.98. The third-order valence-electron chi connectivity index (χ3n) is 3.91. The van der Waals surface area contributed by atoms with Crippen LogP contribution in [0.4, 0.5) is 0 Å². The molecule has 2 atom stereocenters. The van der Waals surface area contributed by atoms with E-state index in [4.69, 9.17) is 0 Å². The Morgan fingerprint density at radius 1 is 1.50 bits per heavy atom. The molecule has 1 aromatic heterocycles. The van der Waals surface area contributed by atoms with E-state index in [9.17, 15) is 0 Å². The SMILES string of the molecule is CC(C)N(CC1CCCNC1)C(C)c1cscn1. The summed E-state index contributed by atoms with van der Waals surface area (Å²) in [4.78, 5) is 7.06. The monoisotopic (exact) mass is 267 g/mol. The van der Waals surface area contributed by atoms with E-state index in [1.54, 1.807) is 11.3 Å². The van der Waals surface area contributed by atoms with Crippen molar-refractivity contribution in [2.75, 3.05) is 19.6 Å². The Kier molecular flexibility index (Phi) is 5.15. The van der Waals surface area contributed by atoms with Crippen molar-refractivity contribution in [2.45, 2.75) is 45.7 Å². The summed E-state index contributed by atoms with van der Waals surface area (Å²) >= 11 is 1.69. The zero-order valence-electron chi connectivity index (χ0n) is 11.7. The maximum absolute atomic E-state index is 4.47. The van der Waals surface area contributed by atoms with E-state index in [2.05, 4.69) is 41.4 Å². The predicted octanol–water partition coefficient (Wildman–Crippen LogP) is 2.91. The Morgan fingerprint density at radius 3 is 2.89 bits per heavy atom. The molecule has 0 spiro atoms. The van der Waals surface area contributed by atoms with Gasteiger partial charge in [-0.25, -0.2) is 4.98 Å². The molecular formula is C14H25N3S. The second kappa shape index (κ2) is 6.64. The zero-order valence-corrected chi connectivity index (χ0v) is 12.5. The summed E-state index contributed by atoms with van der Waals surface area (Å²) < 4.78 is 0. The number of thiazole rings is 1. The highest BCUT2D eigenvalue weighted by Crippen LogP contribution is 2.25. The molecule has 1 aliphatic rings. The van der Waals surface area contributed by atoms with Crippen molar-refractivity contribution in [1.82, 2.24) is 15.2 Å². The molecule has 2 unspecified atom stereocenters. The van der Waals surface area contributed by atoms with Crippen molar-refractivity contribution in [3.63, 3.8) is 0 Å². The number of piperidine rings is 1. The largest absolute Gasteiger partial charge is 0.316 e. The molecule has 102 valence electrons. The Bertz CT molecular complexity index is 331. The van der Waals surface area contributed by atoms with Crippen LogP contribution in [0.5, 0.6) is 0 Å². The highest BCUT2D eigenvalue weighted by molar-refractivity contribution is 7.07. The molecule has 0 aliphatic carbocycles. The van der Waals surface area contributed by atoms with Crippen LogP contribution in [0.25, 0.3) is 0 Å². The van der Waals surface area contributed by atoms with E-state index >= 15 is 0 Å². The first-order valence-electron chi connectivity index (χ1n) is 7.03. The summed E-state index contributed by atoms with van der Waals surface area (Å²) in [6.45, 7) is 10.4. The molecule has 0 radical (unpaired) electrons. The first kappa shape index (κ1) is 14.0. The van der Waals surface area contributed by atoms with E-state index in [0.717, 1.165) is 5.92 Å². The smallest absolute Gasteiger partial charge is 0.0795 e. The van der Waals surface area contributed by atoms with E-state index in [-0.39, 0.29) is 0 Å². The van der Waals surface area contributed by atoms with Gasteiger partial charge in [-0.1, -0.05) is 0 Å². The van der Waals surface area contributed by atoms with Crippen molar-refractivity contribution < 1.29 is 0 Å².